The van der Waals surface area contributed by atoms with E-state index in [-0.39, 0.29) is 17.1 Å². The quantitative estimate of drug-likeness (QED) is 0.122. The van der Waals surface area contributed by atoms with E-state index < -0.39 is 138 Å². The van der Waals surface area contributed by atoms with Crippen LogP contribution < -0.4 is 5.43 Å². The van der Waals surface area contributed by atoms with Crippen molar-refractivity contribution in [3.05, 3.63) is 51.7 Å². The third kappa shape index (κ3) is 6.11. The van der Waals surface area contributed by atoms with Crippen LogP contribution in [-0.2, 0) is 18.9 Å². The number of ether oxygens (including phenoxy) is 4. The summed E-state index contributed by atoms with van der Waals surface area (Å²) < 4.78 is 28.9. The second-order valence-corrected chi connectivity index (χ2v) is 12.6. The molecule has 2 aromatic carbocycles. The Labute approximate surface area is 281 Å². The van der Waals surface area contributed by atoms with Crippen molar-refractivity contribution >= 4 is 11.0 Å². The van der Waals surface area contributed by atoms with E-state index in [0.717, 1.165) is 6.07 Å². The average Bonchev–Trinajstić information content (AvgIpc) is 3.08. The molecule has 14 atom stereocenters. The SMILES string of the molecule is C[C@@H]1O[C@@H](O[C@@H]2[C@@H](O)[C@@H](O)[C@@H](CO)O[C@H]2c2c(O)c([C@H]3OC[C@@H](O)[C@@H](O)[C@@H]3O)c(O)c3c(=O)cc(-c4ccc(O)cc4)oc23)[C@H](O)[C@H](O)[C@H]1O. The molecule has 0 saturated carbocycles. The largest absolute Gasteiger partial charge is 0.508 e. The number of aromatic hydroxyl groups is 3. The second-order valence-electron chi connectivity index (χ2n) is 12.6. The third-order valence-electron chi connectivity index (χ3n) is 9.38. The highest BCUT2D eigenvalue weighted by molar-refractivity contribution is 5.92. The predicted octanol–water partition coefficient (Wildman–Crippen LogP) is -2.90. The smallest absolute Gasteiger partial charge is 0.197 e. The van der Waals surface area contributed by atoms with Crippen molar-refractivity contribution < 1.29 is 84.6 Å². The van der Waals surface area contributed by atoms with Gasteiger partial charge in [-0.05, 0) is 31.2 Å². The number of hydrogen-bond donors (Lipinski definition) is 12. The van der Waals surface area contributed by atoms with Crippen molar-refractivity contribution in [2.45, 2.75) is 92.6 Å². The van der Waals surface area contributed by atoms with Crippen molar-refractivity contribution in [2.24, 2.45) is 0 Å². The maximum atomic E-state index is 13.8. The van der Waals surface area contributed by atoms with Crippen LogP contribution in [0.1, 0.15) is 30.3 Å². The molecule has 0 spiro atoms. The minimum Gasteiger partial charge on any atom is -0.508 e. The number of aliphatic hydroxyl groups excluding tert-OH is 9. The molecule has 50 heavy (non-hydrogen) atoms. The average molecular weight is 711 g/mol. The lowest BCUT2D eigenvalue weighted by atomic mass is 9.85. The van der Waals surface area contributed by atoms with Gasteiger partial charge in [-0.25, -0.2) is 0 Å². The number of rotatable bonds is 6. The predicted molar refractivity (Wildman–Crippen MR) is 164 cm³/mol. The van der Waals surface area contributed by atoms with E-state index >= 15 is 0 Å². The number of fused-ring (bicyclic) bond motifs is 1. The second kappa shape index (κ2) is 13.9. The Bertz CT molecular complexity index is 1750. The molecule has 6 rings (SSSR count). The summed E-state index contributed by atoms with van der Waals surface area (Å²) in [7, 11) is 0. The van der Waals surface area contributed by atoms with E-state index in [1.54, 1.807) is 0 Å². The van der Waals surface area contributed by atoms with E-state index in [4.69, 9.17) is 23.4 Å². The third-order valence-corrected chi connectivity index (χ3v) is 9.38. The zero-order valence-electron chi connectivity index (χ0n) is 26.2. The number of hydrogen-bond acceptors (Lipinski definition) is 18. The molecule has 3 aliphatic rings. The van der Waals surface area contributed by atoms with Crippen LogP contribution in [0.4, 0.5) is 0 Å². The zero-order chi connectivity index (χ0) is 36.3. The number of phenols is 3. The summed E-state index contributed by atoms with van der Waals surface area (Å²) >= 11 is 0. The minimum absolute atomic E-state index is 0.117. The summed E-state index contributed by atoms with van der Waals surface area (Å²) in [5, 5.41) is 127. The van der Waals surface area contributed by atoms with Crippen molar-refractivity contribution in [3.63, 3.8) is 0 Å². The molecule has 18 nitrogen and oxygen atoms in total. The molecule has 3 fully saturated rings. The van der Waals surface area contributed by atoms with Crippen molar-refractivity contribution in [1.82, 2.24) is 0 Å². The van der Waals surface area contributed by atoms with Gasteiger partial charge in [-0.3, -0.25) is 4.79 Å². The van der Waals surface area contributed by atoms with Gasteiger partial charge < -0.3 is 84.6 Å². The first-order valence-corrected chi connectivity index (χ1v) is 15.6. The number of phenolic OH excluding ortho intramolecular Hbond substituents is 3. The van der Waals surface area contributed by atoms with Crippen LogP contribution >= 0.6 is 0 Å². The van der Waals surface area contributed by atoms with E-state index in [0.29, 0.717) is 0 Å². The van der Waals surface area contributed by atoms with Gasteiger partial charge in [0.05, 0.1) is 30.4 Å². The molecule has 12 N–H and O–H groups in total. The highest BCUT2D eigenvalue weighted by Crippen LogP contribution is 2.51. The Morgan fingerprint density at radius 3 is 2.10 bits per heavy atom. The molecule has 0 radical (unpaired) electrons. The number of benzene rings is 2. The van der Waals surface area contributed by atoms with Crippen LogP contribution in [0.25, 0.3) is 22.3 Å². The molecule has 1 aromatic heterocycles. The lowest BCUT2D eigenvalue weighted by molar-refractivity contribution is -0.338. The fourth-order valence-electron chi connectivity index (χ4n) is 6.52. The molecule has 0 bridgehead atoms. The summed E-state index contributed by atoms with van der Waals surface area (Å²) in [5.41, 5.74) is -2.53. The first-order chi connectivity index (χ1) is 23.7. The first kappa shape index (κ1) is 36.3. The maximum Gasteiger partial charge on any atom is 0.197 e. The Balaban J connectivity index is 1.60. The molecule has 3 aliphatic heterocycles. The molecule has 0 aliphatic carbocycles. The molecule has 3 aromatic rings. The van der Waals surface area contributed by atoms with E-state index in [9.17, 15) is 66.1 Å². The van der Waals surface area contributed by atoms with Gasteiger partial charge in [0.1, 0.15) is 102 Å². The lowest BCUT2D eigenvalue weighted by Crippen LogP contribution is -2.61. The maximum absolute atomic E-state index is 13.8. The van der Waals surface area contributed by atoms with Crippen LogP contribution in [0, 0.1) is 0 Å². The molecular formula is C32H38O18. The van der Waals surface area contributed by atoms with E-state index in [1.807, 2.05) is 0 Å². The molecule has 3 saturated heterocycles. The van der Waals surface area contributed by atoms with Crippen LogP contribution in [-0.4, -0.2) is 148 Å². The Kier molecular flexibility index (Phi) is 10.1. The van der Waals surface area contributed by atoms with Gasteiger partial charge in [0.2, 0.25) is 0 Å². The molecule has 274 valence electrons. The summed E-state index contributed by atoms with van der Waals surface area (Å²) in [6.07, 6.45) is -24.7. The molecule has 4 heterocycles. The molecular weight excluding hydrogens is 672 g/mol. The summed E-state index contributed by atoms with van der Waals surface area (Å²) in [4.78, 5) is 13.8. The van der Waals surface area contributed by atoms with Gasteiger partial charge in [-0.2, -0.15) is 0 Å². The molecule has 0 amide bonds. The lowest BCUT2D eigenvalue weighted by Gasteiger charge is -2.46. The van der Waals surface area contributed by atoms with E-state index in [1.165, 1.54) is 31.2 Å². The van der Waals surface area contributed by atoms with Crippen LogP contribution in [0.3, 0.4) is 0 Å². The van der Waals surface area contributed by atoms with Gasteiger partial charge in [0.15, 0.2) is 17.3 Å². The van der Waals surface area contributed by atoms with Crippen molar-refractivity contribution in [3.8, 4) is 28.6 Å². The number of aliphatic hydroxyl groups is 9. The highest BCUT2D eigenvalue weighted by atomic mass is 16.7. The zero-order valence-corrected chi connectivity index (χ0v) is 26.2. The Morgan fingerprint density at radius 1 is 0.760 bits per heavy atom. The van der Waals surface area contributed by atoms with Gasteiger partial charge in [0, 0.05) is 11.6 Å². The van der Waals surface area contributed by atoms with Gasteiger partial charge >= 0.3 is 0 Å². The molecule has 18 heteroatoms. The van der Waals surface area contributed by atoms with Crippen LogP contribution in [0.5, 0.6) is 17.2 Å². The summed E-state index contributed by atoms with van der Waals surface area (Å²) in [5.74, 6) is -2.24. The Morgan fingerprint density at radius 2 is 1.44 bits per heavy atom. The van der Waals surface area contributed by atoms with Crippen LogP contribution in [0.15, 0.2) is 39.5 Å². The topological polar surface area (TPSA) is 310 Å². The first-order valence-electron chi connectivity index (χ1n) is 15.6. The fourth-order valence-corrected chi connectivity index (χ4v) is 6.52. The van der Waals surface area contributed by atoms with Gasteiger partial charge in [-0.15, -0.1) is 0 Å². The highest BCUT2D eigenvalue weighted by Gasteiger charge is 2.52. The standard InChI is InChI=1S/C32H38O18/c1-9-19(37)24(42)27(45)32(47-9)50-31-26(44)21(39)15(7-33)49-30(31)18-23(41)17(29-25(43)20(38)13(36)8-46-29)22(40)16-12(35)6-14(48-28(16)18)10-2-4-11(34)5-3-10/h2-6,9,13,15,19-21,24-27,29-34,36-45H,7-8H2,1H3/t9-,13+,15+,19-,20+,21-,24+,25-,26-,27+,29+,30-,31+,32-/m0/s1. The van der Waals surface area contributed by atoms with Crippen LogP contribution in [0.2, 0.25) is 0 Å². The fraction of sp³-hybridized carbons (Fsp3) is 0.531. The summed E-state index contributed by atoms with van der Waals surface area (Å²) in [6.45, 7) is -0.146. The normalized spacial score (nSPS) is 38.0. The van der Waals surface area contributed by atoms with Gasteiger partial charge in [0.25, 0.3) is 0 Å². The minimum atomic E-state index is -2.02. The van der Waals surface area contributed by atoms with Crippen molar-refractivity contribution in [2.75, 3.05) is 13.2 Å². The summed E-state index contributed by atoms with van der Waals surface area (Å²) in [6, 6.07) is 6.33. The monoisotopic (exact) mass is 710 g/mol. The molecule has 0 unspecified atom stereocenters. The Hall–Kier alpha value is -3.47. The van der Waals surface area contributed by atoms with Crippen molar-refractivity contribution in [1.29, 1.82) is 0 Å². The van der Waals surface area contributed by atoms with E-state index in [2.05, 4.69) is 0 Å². The van der Waals surface area contributed by atoms with Gasteiger partial charge in [-0.1, -0.05) is 0 Å².